The van der Waals surface area contributed by atoms with E-state index in [4.69, 9.17) is 0 Å². The van der Waals surface area contributed by atoms with Gasteiger partial charge in [0.25, 0.3) is 0 Å². The average Bonchev–Trinajstić information content (AvgIpc) is 2.45. The smallest absolute Gasteiger partial charge is 0.161 e. The lowest BCUT2D eigenvalue weighted by Crippen LogP contribution is -2.15. The zero-order valence-corrected chi connectivity index (χ0v) is 14.4. The van der Waals surface area contributed by atoms with Crippen LogP contribution in [0.1, 0.15) is 30.3 Å². The quantitative estimate of drug-likeness (QED) is 0.812. The molecule has 0 aliphatic rings. The second kappa shape index (κ2) is 7.61. The van der Waals surface area contributed by atoms with Crippen molar-refractivity contribution < 1.29 is 0 Å². The van der Waals surface area contributed by atoms with Crippen molar-refractivity contribution in [2.75, 3.05) is 13.1 Å². The standard InChI is InChI=1S/C16H21BrN4/c1-4-18-7-5-6-15-11(2)20-16(21-12(15)3)13-8-14(17)10-19-9-13/h8-10,18H,4-7H2,1-3H3. The summed E-state index contributed by atoms with van der Waals surface area (Å²) in [6.45, 7) is 8.30. The van der Waals surface area contributed by atoms with Crippen LogP contribution in [0.4, 0.5) is 0 Å². The molecular formula is C16H21BrN4. The molecule has 1 N–H and O–H groups in total. The van der Waals surface area contributed by atoms with Crippen LogP contribution in [0.25, 0.3) is 11.4 Å². The first-order valence-electron chi connectivity index (χ1n) is 7.27. The van der Waals surface area contributed by atoms with Crippen LogP contribution in [0, 0.1) is 13.8 Å². The van der Waals surface area contributed by atoms with E-state index in [1.807, 2.05) is 6.07 Å². The van der Waals surface area contributed by atoms with Crippen molar-refractivity contribution in [3.8, 4) is 11.4 Å². The third kappa shape index (κ3) is 4.32. The second-order valence-corrected chi connectivity index (χ2v) is 5.96. The van der Waals surface area contributed by atoms with Gasteiger partial charge in [0.05, 0.1) is 0 Å². The van der Waals surface area contributed by atoms with E-state index >= 15 is 0 Å². The summed E-state index contributed by atoms with van der Waals surface area (Å²) in [7, 11) is 0. The van der Waals surface area contributed by atoms with Gasteiger partial charge in [0, 0.05) is 33.8 Å². The molecule has 4 nitrogen and oxygen atoms in total. The Labute approximate surface area is 134 Å². The first-order chi connectivity index (χ1) is 10.1. The van der Waals surface area contributed by atoms with Gasteiger partial charge in [-0.15, -0.1) is 0 Å². The van der Waals surface area contributed by atoms with Gasteiger partial charge < -0.3 is 5.32 Å². The number of nitrogens with zero attached hydrogens (tertiary/aromatic N) is 3. The van der Waals surface area contributed by atoms with Crippen LogP contribution in [0.3, 0.4) is 0 Å². The third-order valence-electron chi connectivity index (χ3n) is 3.41. The molecule has 0 atom stereocenters. The minimum atomic E-state index is 0.745. The molecule has 0 aliphatic carbocycles. The zero-order chi connectivity index (χ0) is 15.2. The number of aromatic nitrogens is 3. The molecular weight excluding hydrogens is 328 g/mol. The highest BCUT2D eigenvalue weighted by atomic mass is 79.9. The summed E-state index contributed by atoms with van der Waals surface area (Å²) in [5, 5.41) is 3.35. The minimum absolute atomic E-state index is 0.745. The molecule has 21 heavy (non-hydrogen) atoms. The molecule has 0 amide bonds. The van der Waals surface area contributed by atoms with E-state index in [1.54, 1.807) is 12.4 Å². The van der Waals surface area contributed by atoms with Gasteiger partial charge in [0.15, 0.2) is 5.82 Å². The summed E-state index contributed by atoms with van der Waals surface area (Å²) in [5.74, 6) is 0.745. The number of aryl methyl sites for hydroxylation is 2. The van der Waals surface area contributed by atoms with Crippen LogP contribution in [-0.2, 0) is 6.42 Å². The molecule has 5 heteroatoms. The lowest BCUT2D eigenvalue weighted by Gasteiger charge is -2.11. The molecule has 2 aromatic rings. The Morgan fingerprint density at radius 3 is 2.48 bits per heavy atom. The van der Waals surface area contributed by atoms with Crippen molar-refractivity contribution in [3.05, 3.63) is 39.9 Å². The van der Waals surface area contributed by atoms with Gasteiger partial charge in [-0.3, -0.25) is 4.98 Å². The number of hydrogen-bond donors (Lipinski definition) is 1. The first kappa shape index (κ1) is 16.0. The number of hydrogen-bond acceptors (Lipinski definition) is 4. The van der Waals surface area contributed by atoms with Crippen LogP contribution in [0.15, 0.2) is 22.9 Å². The Kier molecular flexibility index (Phi) is 5.82. The highest BCUT2D eigenvalue weighted by Crippen LogP contribution is 2.21. The molecule has 0 aliphatic heterocycles. The number of nitrogens with one attached hydrogen (secondary N) is 1. The van der Waals surface area contributed by atoms with Crippen LogP contribution < -0.4 is 5.32 Å². The summed E-state index contributed by atoms with van der Waals surface area (Å²) in [5.41, 5.74) is 4.33. The van der Waals surface area contributed by atoms with E-state index in [1.165, 1.54) is 5.56 Å². The van der Waals surface area contributed by atoms with Gasteiger partial charge in [-0.1, -0.05) is 6.92 Å². The van der Waals surface area contributed by atoms with Crippen molar-refractivity contribution in [2.24, 2.45) is 0 Å². The molecule has 0 fully saturated rings. The van der Waals surface area contributed by atoms with Crippen molar-refractivity contribution >= 4 is 15.9 Å². The van der Waals surface area contributed by atoms with Gasteiger partial charge in [-0.05, 0) is 67.3 Å². The lowest BCUT2D eigenvalue weighted by atomic mass is 10.1. The fourth-order valence-corrected chi connectivity index (χ4v) is 2.70. The zero-order valence-electron chi connectivity index (χ0n) is 12.8. The largest absolute Gasteiger partial charge is 0.317 e. The third-order valence-corrected chi connectivity index (χ3v) is 3.85. The van der Waals surface area contributed by atoms with Crippen LogP contribution in [0.2, 0.25) is 0 Å². The fourth-order valence-electron chi connectivity index (χ4n) is 2.33. The maximum absolute atomic E-state index is 4.65. The molecule has 2 aromatic heterocycles. The molecule has 0 aromatic carbocycles. The maximum Gasteiger partial charge on any atom is 0.161 e. The Morgan fingerprint density at radius 1 is 1.14 bits per heavy atom. The van der Waals surface area contributed by atoms with Gasteiger partial charge in [0.2, 0.25) is 0 Å². The van der Waals surface area contributed by atoms with Crippen molar-refractivity contribution in [1.82, 2.24) is 20.3 Å². The van der Waals surface area contributed by atoms with Gasteiger partial charge >= 0.3 is 0 Å². The molecule has 0 radical (unpaired) electrons. The predicted molar refractivity (Wildman–Crippen MR) is 89.3 cm³/mol. The number of pyridine rings is 1. The van der Waals surface area contributed by atoms with E-state index in [-0.39, 0.29) is 0 Å². The summed E-state index contributed by atoms with van der Waals surface area (Å²) < 4.78 is 0.939. The molecule has 0 spiro atoms. The molecule has 2 rings (SSSR count). The van der Waals surface area contributed by atoms with Gasteiger partial charge in [-0.2, -0.15) is 0 Å². The highest BCUT2D eigenvalue weighted by Gasteiger charge is 2.10. The SMILES string of the molecule is CCNCCCc1c(C)nc(-c2cncc(Br)c2)nc1C. The topological polar surface area (TPSA) is 50.7 Å². The molecule has 112 valence electrons. The monoisotopic (exact) mass is 348 g/mol. The van der Waals surface area contributed by atoms with Crippen molar-refractivity contribution in [3.63, 3.8) is 0 Å². The molecule has 0 saturated carbocycles. The van der Waals surface area contributed by atoms with Gasteiger partial charge in [-0.25, -0.2) is 9.97 Å². The van der Waals surface area contributed by atoms with Gasteiger partial charge in [0.1, 0.15) is 0 Å². The Balaban J connectivity index is 2.20. The summed E-state index contributed by atoms with van der Waals surface area (Å²) in [6, 6.07) is 1.99. The molecule has 0 bridgehead atoms. The fraction of sp³-hybridized carbons (Fsp3) is 0.438. The predicted octanol–water partition coefficient (Wildman–Crippen LogP) is 3.46. The Hall–Kier alpha value is -1.33. The summed E-state index contributed by atoms with van der Waals surface area (Å²) >= 11 is 3.43. The van der Waals surface area contributed by atoms with Crippen molar-refractivity contribution in [2.45, 2.75) is 33.6 Å². The molecule has 0 saturated heterocycles. The van der Waals surface area contributed by atoms with E-state index in [9.17, 15) is 0 Å². The van der Waals surface area contributed by atoms with E-state index < -0.39 is 0 Å². The highest BCUT2D eigenvalue weighted by molar-refractivity contribution is 9.10. The Bertz CT molecular complexity index is 590. The van der Waals surface area contributed by atoms with E-state index in [2.05, 4.69) is 57.0 Å². The normalized spacial score (nSPS) is 10.9. The van der Waals surface area contributed by atoms with Crippen molar-refractivity contribution in [1.29, 1.82) is 0 Å². The average molecular weight is 349 g/mol. The van der Waals surface area contributed by atoms with E-state index in [0.29, 0.717) is 0 Å². The van der Waals surface area contributed by atoms with Crippen LogP contribution in [-0.4, -0.2) is 28.0 Å². The Morgan fingerprint density at radius 2 is 1.86 bits per heavy atom. The summed E-state index contributed by atoms with van der Waals surface area (Å²) in [4.78, 5) is 13.5. The maximum atomic E-state index is 4.65. The first-order valence-corrected chi connectivity index (χ1v) is 8.07. The lowest BCUT2D eigenvalue weighted by molar-refractivity contribution is 0.667. The number of rotatable bonds is 6. The summed E-state index contributed by atoms with van der Waals surface area (Å²) in [6.07, 6.45) is 5.68. The molecule has 0 unspecified atom stereocenters. The minimum Gasteiger partial charge on any atom is -0.317 e. The van der Waals surface area contributed by atoms with E-state index in [0.717, 1.165) is 53.2 Å². The van der Waals surface area contributed by atoms with Crippen LogP contribution >= 0.6 is 15.9 Å². The second-order valence-electron chi connectivity index (χ2n) is 5.05. The number of halogens is 1. The molecule has 2 heterocycles. The van der Waals surface area contributed by atoms with Crippen LogP contribution in [0.5, 0.6) is 0 Å².